The Bertz CT molecular complexity index is 444. The second-order valence-corrected chi connectivity index (χ2v) is 4.94. The number of rotatable bonds is 2. The van der Waals surface area contributed by atoms with Crippen molar-refractivity contribution in [3.05, 3.63) is 22.2 Å². The lowest BCUT2D eigenvalue weighted by Crippen LogP contribution is -2.41. The molecule has 1 heterocycles. The number of thiazole rings is 1. The van der Waals surface area contributed by atoms with Crippen LogP contribution in [0.3, 0.4) is 0 Å². The first-order valence-corrected chi connectivity index (χ1v) is 5.86. The van der Waals surface area contributed by atoms with Crippen molar-refractivity contribution in [1.29, 1.82) is 0 Å². The maximum absolute atomic E-state index is 11.1. The minimum atomic E-state index is 0.234. The number of fused-ring (bicyclic) bond motifs is 4. The van der Waals surface area contributed by atoms with E-state index >= 15 is 0 Å². The first-order valence-electron chi connectivity index (χ1n) is 4.98. The Morgan fingerprint density at radius 2 is 2.57 bits per heavy atom. The van der Waals surface area contributed by atoms with Gasteiger partial charge in [0, 0.05) is 18.4 Å². The third kappa shape index (κ3) is 0.960. The molecular formula is C11H12NOS+. The molecule has 2 aliphatic carbocycles. The van der Waals surface area contributed by atoms with Crippen LogP contribution in [0.5, 0.6) is 0 Å². The maximum Gasteiger partial charge on any atom is 0.225 e. The molecule has 2 aliphatic rings. The molecule has 0 N–H and O–H groups in total. The van der Waals surface area contributed by atoms with Gasteiger partial charge >= 0.3 is 0 Å². The summed E-state index contributed by atoms with van der Waals surface area (Å²) < 4.78 is 2.11. The van der Waals surface area contributed by atoms with Crippen molar-refractivity contribution < 1.29 is 9.36 Å². The van der Waals surface area contributed by atoms with Crippen molar-refractivity contribution in [3.8, 4) is 0 Å². The molecular weight excluding hydrogens is 194 g/mol. The molecule has 0 bridgehead atoms. The van der Waals surface area contributed by atoms with Crippen molar-refractivity contribution in [2.24, 2.45) is 0 Å². The number of allylic oxidation sites excluding steroid dienone is 2. The number of ketones is 1. The van der Waals surface area contributed by atoms with Crippen LogP contribution in [0.2, 0.25) is 0 Å². The van der Waals surface area contributed by atoms with Crippen LogP contribution in [0.4, 0.5) is 0 Å². The van der Waals surface area contributed by atoms with Gasteiger partial charge in [-0.25, -0.2) is 0 Å². The van der Waals surface area contributed by atoms with Gasteiger partial charge in [-0.15, -0.1) is 0 Å². The highest BCUT2D eigenvalue weighted by atomic mass is 32.1. The Balaban J connectivity index is 2.02. The van der Waals surface area contributed by atoms with Crippen molar-refractivity contribution in [2.75, 3.05) is 0 Å². The summed E-state index contributed by atoms with van der Waals surface area (Å²) in [6.45, 7) is 2.19. The fourth-order valence-corrected chi connectivity index (χ4v) is 3.62. The van der Waals surface area contributed by atoms with Gasteiger partial charge < -0.3 is 0 Å². The van der Waals surface area contributed by atoms with Crippen molar-refractivity contribution in [2.45, 2.75) is 32.2 Å². The van der Waals surface area contributed by atoms with Gasteiger partial charge in [-0.1, -0.05) is 17.4 Å². The molecule has 1 aromatic rings. The van der Waals surface area contributed by atoms with Crippen LogP contribution in [-0.4, -0.2) is 5.78 Å². The van der Waals surface area contributed by atoms with E-state index in [2.05, 4.69) is 16.2 Å². The Morgan fingerprint density at radius 3 is 3.36 bits per heavy atom. The standard InChI is InChI=1S/C11H12NOS/c1-7(13)5-12-6-14-11-9-4-2-3-8(9)10(11)12/h3,6,9H,2,4-5H2,1H3/q+1. The van der Waals surface area contributed by atoms with Crippen LogP contribution >= 0.6 is 11.3 Å². The van der Waals surface area contributed by atoms with Gasteiger partial charge in [0.2, 0.25) is 17.7 Å². The number of Topliss-reactive ketones (excluding diaryl/α,β-unsaturated/α-hetero) is 1. The Labute approximate surface area is 86.9 Å². The van der Waals surface area contributed by atoms with Gasteiger partial charge in [-0.05, 0) is 12.8 Å². The molecule has 1 atom stereocenters. The third-order valence-electron chi connectivity index (χ3n) is 3.01. The molecule has 3 heteroatoms. The number of aromatic nitrogens is 1. The summed E-state index contributed by atoms with van der Waals surface area (Å²) in [5.74, 6) is 0.945. The van der Waals surface area contributed by atoms with Gasteiger partial charge in [-0.3, -0.25) is 4.79 Å². The third-order valence-corrected chi connectivity index (χ3v) is 4.10. The number of hydrogen-bond acceptors (Lipinski definition) is 2. The van der Waals surface area contributed by atoms with E-state index in [4.69, 9.17) is 0 Å². The minimum Gasteiger partial charge on any atom is -0.293 e. The first-order chi connectivity index (χ1) is 6.77. The van der Waals surface area contributed by atoms with Gasteiger partial charge in [0.1, 0.15) is 0 Å². The molecule has 1 unspecified atom stereocenters. The summed E-state index contributed by atoms with van der Waals surface area (Å²) in [6.07, 6.45) is 4.82. The zero-order chi connectivity index (χ0) is 9.71. The summed E-state index contributed by atoms with van der Waals surface area (Å²) in [7, 11) is 0. The van der Waals surface area contributed by atoms with E-state index in [1.54, 1.807) is 18.3 Å². The SMILES string of the molecule is CC(=O)C[n+]1csc2c1C1=CCCC12. The van der Waals surface area contributed by atoms with E-state index in [9.17, 15) is 4.79 Å². The van der Waals surface area contributed by atoms with Crippen molar-refractivity contribution >= 4 is 22.7 Å². The molecule has 0 aliphatic heterocycles. The van der Waals surface area contributed by atoms with E-state index in [1.165, 1.54) is 29.0 Å². The largest absolute Gasteiger partial charge is 0.293 e. The molecule has 1 aromatic heterocycles. The number of hydrogen-bond donors (Lipinski definition) is 0. The molecule has 0 amide bonds. The summed E-state index contributed by atoms with van der Waals surface area (Å²) >= 11 is 1.81. The number of carbonyl (C=O) groups is 1. The van der Waals surface area contributed by atoms with Gasteiger partial charge in [0.15, 0.2) is 5.78 Å². The zero-order valence-electron chi connectivity index (χ0n) is 8.12. The van der Waals surface area contributed by atoms with E-state index < -0.39 is 0 Å². The van der Waals surface area contributed by atoms with Gasteiger partial charge in [0.25, 0.3) is 0 Å². The summed E-state index contributed by atoms with van der Waals surface area (Å²) in [6, 6.07) is 0. The average molecular weight is 206 g/mol. The van der Waals surface area contributed by atoms with Gasteiger partial charge in [0.05, 0.1) is 4.88 Å². The Kier molecular flexibility index (Phi) is 1.65. The smallest absolute Gasteiger partial charge is 0.225 e. The maximum atomic E-state index is 11.1. The number of carbonyl (C=O) groups excluding carboxylic acids is 1. The molecule has 3 rings (SSSR count). The summed E-state index contributed by atoms with van der Waals surface area (Å²) in [5, 5.41) is 0. The fraction of sp³-hybridized carbons (Fsp3) is 0.455. The molecule has 2 nitrogen and oxygen atoms in total. The average Bonchev–Trinajstić information content (AvgIpc) is 2.59. The lowest BCUT2D eigenvalue weighted by molar-refractivity contribution is -0.683. The Morgan fingerprint density at radius 1 is 1.71 bits per heavy atom. The molecule has 14 heavy (non-hydrogen) atoms. The summed E-state index contributed by atoms with van der Waals surface area (Å²) in [5.41, 5.74) is 4.92. The number of nitrogens with zero attached hydrogens (tertiary/aromatic N) is 1. The quantitative estimate of drug-likeness (QED) is 0.677. The topological polar surface area (TPSA) is 20.9 Å². The molecule has 0 saturated heterocycles. The lowest BCUT2D eigenvalue weighted by Gasteiger charge is -2.20. The highest BCUT2D eigenvalue weighted by Gasteiger charge is 2.44. The second kappa shape index (κ2) is 2.76. The van der Waals surface area contributed by atoms with Crippen LogP contribution in [0.15, 0.2) is 11.6 Å². The normalized spacial score (nSPS) is 22.4. The highest BCUT2D eigenvalue weighted by Crippen LogP contribution is 2.52. The van der Waals surface area contributed by atoms with Crippen molar-refractivity contribution in [3.63, 3.8) is 0 Å². The molecule has 72 valence electrons. The monoisotopic (exact) mass is 206 g/mol. The Hall–Kier alpha value is -0.960. The van der Waals surface area contributed by atoms with Crippen LogP contribution in [-0.2, 0) is 11.3 Å². The minimum absolute atomic E-state index is 0.234. The predicted molar refractivity (Wildman–Crippen MR) is 55.1 cm³/mol. The molecule has 0 saturated carbocycles. The molecule has 0 fully saturated rings. The lowest BCUT2D eigenvalue weighted by atomic mass is 9.84. The zero-order valence-corrected chi connectivity index (χ0v) is 8.93. The van der Waals surface area contributed by atoms with Crippen LogP contribution in [0.25, 0.3) is 5.57 Å². The van der Waals surface area contributed by atoms with Crippen molar-refractivity contribution in [1.82, 2.24) is 0 Å². The van der Waals surface area contributed by atoms with E-state index in [0.29, 0.717) is 12.5 Å². The van der Waals surface area contributed by atoms with E-state index in [-0.39, 0.29) is 5.78 Å². The van der Waals surface area contributed by atoms with Crippen LogP contribution < -0.4 is 4.57 Å². The van der Waals surface area contributed by atoms with Gasteiger partial charge in [-0.2, -0.15) is 4.57 Å². The fourth-order valence-electron chi connectivity index (χ4n) is 2.44. The predicted octanol–water partition coefficient (Wildman–Crippen LogP) is 1.90. The second-order valence-electron chi connectivity index (χ2n) is 4.06. The molecule has 0 spiro atoms. The molecule has 0 aromatic carbocycles. The molecule has 0 radical (unpaired) electrons. The van der Waals surface area contributed by atoms with E-state index in [0.717, 1.165) is 0 Å². The summed E-state index contributed by atoms with van der Waals surface area (Å²) in [4.78, 5) is 12.6. The van der Waals surface area contributed by atoms with Crippen LogP contribution in [0, 0.1) is 0 Å². The highest BCUT2D eigenvalue weighted by molar-refractivity contribution is 7.10. The first kappa shape index (κ1) is 8.36. The van der Waals surface area contributed by atoms with Crippen LogP contribution in [0.1, 0.15) is 36.3 Å². The van der Waals surface area contributed by atoms with E-state index in [1.807, 2.05) is 0 Å².